The summed E-state index contributed by atoms with van der Waals surface area (Å²) in [7, 11) is 5.11. The summed E-state index contributed by atoms with van der Waals surface area (Å²) in [6.45, 7) is -0.781. The number of methoxy groups -OCH3 is 4. The third-order valence-electron chi connectivity index (χ3n) is 4.67. The van der Waals surface area contributed by atoms with Crippen LogP contribution >= 0.6 is 0 Å². The van der Waals surface area contributed by atoms with Crippen LogP contribution in [-0.2, 0) is 29.4 Å². The topological polar surface area (TPSA) is 123 Å². The SMILES string of the molecule is COC(=O)C1=C(C(=O)OC)[C@]2(C[N+](=O)[O-])O[C@H]1c1cc(OC)c(OC)cc12. The quantitative estimate of drug-likeness (QED) is 0.403. The first-order valence-electron chi connectivity index (χ1n) is 7.81. The summed E-state index contributed by atoms with van der Waals surface area (Å²) in [5.74, 6) is -1.07. The summed E-state index contributed by atoms with van der Waals surface area (Å²) in [5, 5.41) is 11.4. The number of carbonyl (C=O) groups is 2. The van der Waals surface area contributed by atoms with Gasteiger partial charge < -0.3 is 23.7 Å². The summed E-state index contributed by atoms with van der Waals surface area (Å²) in [6.07, 6.45) is -1.03. The van der Waals surface area contributed by atoms with E-state index in [1.165, 1.54) is 20.3 Å². The molecule has 2 aliphatic heterocycles. The van der Waals surface area contributed by atoms with Crippen LogP contribution < -0.4 is 9.47 Å². The van der Waals surface area contributed by atoms with Crippen molar-refractivity contribution in [3.63, 3.8) is 0 Å². The van der Waals surface area contributed by atoms with E-state index in [9.17, 15) is 19.7 Å². The fourth-order valence-corrected chi connectivity index (χ4v) is 3.63. The highest BCUT2D eigenvalue weighted by atomic mass is 16.6. The minimum atomic E-state index is -1.79. The molecule has 10 heteroatoms. The molecule has 0 aliphatic carbocycles. The monoisotopic (exact) mass is 379 g/mol. The molecule has 0 saturated carbocycles. The van der Waals surface area contributed by atoms with Gasteiger partial charge in [-0.3, -0.25) is 10.1 Å². The van der Waals surface area contributed by atoms with Crippen molar-refractivity contribution in [3.8, 4) is 11.5 Å². The van der Waals surface area contributed by atoms with Gasteiger partial charge in [-0.2, -0.15) is 0 Å². The van der Waals surface area contributed by atoms with Crippen LogP contribution in [0.4, 0.5) is 0 Å². The Balaban J connectivity index is 2.34. The Kier molecular flexibility index (Phi) is 4.52. The molecule has 2 heterocycles. The average Bonchev–Trinajstić information content (AvgIpc) is 3.15. The van der Waals surface area contributed by atoms with Gasteiger partial charge in [0.25, 0.3) is 0 Å². The predicted octanol–water partition coefficient (Wildman–Crippen LogP) is 0.903. The van der Waals surface area contributed by atoms with E-state index in [4.69, 9.17) is 23.7 Å². The summed E-state index contributed by atoms with van der Waals surface area (Å²) in [5.41, 5.74) is -1.35. The molecule has 0 N–H and O–H groups in total. The van der Waals surface area contributed by atoms with Gasteiger partial charge in [0, 0.05) is 10.5 Å². The predicted molar refractivity (Wildman–Crippen MR) is 88.0 cm³/mol. The van der Waals surface area contributed by atoms with E-state index in [0.29, 0.717) is 22.6 Å². The molecule has 0 radical (unpaired) electrons. The second kappa shape index (κ2) is 6.54. The van der Waals surface area contributed by atoms with Crippen LogP contribution in [0.3, 0.4) is 0 Å². The second-order valence-electron chi connectivity index (χ2n) is 5.88. The lowest BCUT2D eigenvalue weighted by Crippen LogP contribution is -2.38. The van der Waals surface area contributed by atoms with E-state index < -0.39 is 35.1 Å². The highest BCUT2D eigenvalue weighted by Gasteiger charge is 2.63. The van der Waals surface area contributed by atoms with Crippen LogP contribution in [0.1, 0.15) is 17.2 Å². The van der Waals surface area contributed by atoms with Gasteiger partial charge in [-0.1, -0.05) is 0 Å². The zero-order valence-corrected chi connectivity index (χ0v) is 15.1. The number of hydrogen-bond donors (Lipinski definition) is 0. The van der Waals surface area contributed by atoms with Crippen LogP contribution in [0.15, 0.2) is 23.3 Å². The minimum absolute atomic E-state index is 0.120. The Labute approximate surface area is 153 Å². The molecular formula is C17H17NO9. The van der Waals surface area contributed by atoms with E-state index >= 15 is 0 Å². The Morgan fingerprint density at radius 2 is 1.70 bits per heavy atom. The Morgan fingerprint density at radius 1 is 1.11 bits per heavy atom. The van der Waals surface area contributed by atoms with Crippen molar-refractivity contribution in [2.45, 2.75) is 11.7 Å². The van der Waals surface area contributed by atoms with Crippen molar-refractivity contribution < 1.29 is 38.2 Å². The van der Waals surface area contributed by atoms with Crippen molar-refractivity contribution in [1.29, 1.82) is 0 Å². The minimum Gasteiger partial charge on any atom is -0.493 e. The van der Waals surface area contributed by atoms with Crippen molar-refractivity contribution >= 4 is 11.9 Å². The Hall–Kier alpha value is -3.14. The molecule has 0 spiro atoms. The van der Waals surface area contributed by atoms with Gasteiger partial charge in [-0.15, -0.1) is 0 Å². The van der Waals surface area contributed by atoms with Gasteiger partial charge in [0.2, 0.25) is 6.54 Å². The molecular weight excluding hydrogens is 362 g/mol. The van der Waals surface area contributed by atoms with Crippen LogP contribution in [0, 0.1) is 10.1 Å². The molecule has 0 aromatic heterocycles. The first-order valence-corrected chi connectivity index (χ1v) is 7.81. The summed E-state index contributed by atoms with van der Waals surface area (Å²) < 4.78 is 25.9. The number of ether oxygens (including phenoxy) is 5. The van der Waals surface area contributed by atoms with Crippen LogP contribution in [0.2, 0.25) is 0 Å². The number of nitro groups is 1. The lowest BCUT2D eigenvalue weighted by Gasteiger charge is -2.26. The maximum Gasteiger partial charge on any atom is 0.337 e. The van der Waals surface area contributed by atoms with E-state index in [-0.39, 0.29) is 11.1 Å². The average molecular weight is 379 g/mol. The third kappa shape index (κ3) is 2.52. The fraction of sp³-hybridized carbons (Fsp3) is 0.412. The largest absolute Gasteiger partial charge is 0.493 e. The number of carbonyl (C=O) groups excluding carboxylic acids is 2. The molecule has 2 atom stereocenters. The summed E-state index contributed by atoms with van der Waals surface area (Å²) in [4.78, 5) is 35.6. The molecule has 144 valence electrons. The van der Waals surface area contributed by atoms with Gasteiger partial charge >= 0.3 is 11.9 Å². The standard InChI is InChI=1S/C17H17NO9/c1-23-10-5-8-9(6-11(10)24-2)17(7-18(21)22)13(16(20)26-4)12(14(8)27-17)15(19)25-3/h5-6,14H,7H2,1-4H3/t14-,17+/m0/s1. The van der Waals surface area contributed by atoms with Crippen molar-refractivity contribution in [2.75, 3.05) is 35.0 Å². The zero-order valence-electron chi connectivity index (χ0n) is 15.1. The van der Waals surface area contributed by atoms with Gasteiger partial charge in [0.15, 0.2) is 17.1 Å². The van der Waals surface area contributed by atoms with Gasteiger partial charge in [0.05, 0.1) is 39.6 Å². The number of hydrogen-bond acceptors (Lipinski definition) is 9. The molecule has 0 amide bonds. The number of fused-ring (bicyclic) bond motifs is 5. The third-order valence-corrected chi connectivity index (χ3v) is 4.67. The highest BCUT2D eigenvalue weighted by Crippen LogP contribution is 2.60. The van der Waals surface area contributed by atoms with Crippen LogP contribution in [0.5, 0.6) is 11.5 Å². The maximum absolute atomic E-state index is 12.5. The van der Waals surface area contributed by atoms with Gasteiger partial charge in [-0.05, 0) is 17.7 Å². The van der Waals surface area contributed by atoms with E-state index in [0.717, 1.165) is 14.2 Å². The van der Waals surface area contributed by atoms with Crippen LogP contribution in [0.25, 0.3) is 0 Å². The Morgan fingerprint density at radius 3 is 2.22 bits per heavy atom. The van der Waals surface area contributed by atoms with E-state index in [2.05, 4.69) is 0 Å². The first kappa shape index (κ1) is 18.6. The van der Waals surface area contributed by atoms with E-state index in [1.807, 2.05) is 0 Å². The molecule has 10 nitrogen and oxygen atoms in total. The fourth-order valence-electron chi connectivity index (χ4n) is 3.63. The van der Waals surface area contributed by atoms with Crippen LogP contribution in [-0.4, -0.2) is 51.8 Å². The van der Waals surface area contributed by atoms with E-state index in [1.54, 1.807) is 6.07 Å². The molecule has 0 saturated heterocycles. The Bertz CT molecular complexity index is 875. The lowest BCUT2D eigenvalue weighted by atomic mass is 9.77. The van der Waals surface area contributed by atoms with Crippen molar-refractivity contribution in [1.82, 2.24) is 0 Å². The van der Waals surface area contributed by atoms with Gasteiger partial charge in [0.1, 0.15) is 6.10 Å². The molecule has 1 aromatic carbocycles. The lowest BCUT2D eigenvalue weighted by molar-refractivity contribution is -0.500. The molecule has 3 rings (SSSR count). The first-order chi connectivity index (χ1) is 12.8. The normalized spacial score (nSPS) is 22.3. The molecule has 1 aromatic rings. The number of nitrogens with zero attached hydrogens (tertiary/aromatic N) is 1. The summed E-state index contributed by atoms with van der Waals surface area (Å²) >= 11 is 0. The molecule has 27 heavy (non-hydrogen) atoms. The number of benzene rings is 1. The van der Waals surface area contributed by atoms with Crippen molar-refractivity contribution in [3.05, 3.63) is 44.5 Å². The smallest absolute Gasteiger partial charge is 0.337 e. The molecule has 2 aliphatic rings. The summed E-state index contributed by atoms with van der Waals surface area (Å²) in [6, 6.07) is 3.08. The molecule has 0 fully saturated rings. The van der Waals surface area contributed by atoms with Crippen molar-refractivity contribution in [2.24, 2.45) is 0 Å². The number of rotatable bonds is 6. The maximum atomic E-state index is 12.5. The highest BCUT2D eigenvalue weighted by molar-refractivity contribution is 6.05. The second-order valence-corrected chi connectivity index (χ2v) is 5.88. The molecule has 2 bridgehead atoms. The van der Waals surface area contributed by atoms with Gasteiger partial charge in [-0.25, -0.2) is 9.59 Å². The molecule has 0 unspecified atom stereocenters. The zero-order chi connectivity index (χ0) is 19.9. The number of esters is 2.